The molecule has 0 saturated heterocycles. The Labute approximate surface area is 247 Å². The van der Waals surface area contributed by atoms with Gasteiger partial charge in [-0.3, -0.25) is 36.5 Å². The van der Waals surface area contributed by atoms with E-state index < -0.39 is 83.9 Å². The quantitative estimate of drug-likeness (QED) is 0.0747. The molecule has 0 aromatic heterocycles. The van der Waals surface area contributed by atoms with Crippen LogP contribution in [-0.4, -0.2) is 121 Å². The van der Waals surface area contributed by atoms with Crippen LogP contribution in [0.4, 0.5) is 0 Å². The molecule has 0 aromatic rings. The first-order chi connectivity index (χ1) is 18.7. The van der Waals surface area contributed by atoms with Crippen LogP contribution in [0.15, 0.2) is 0 Å². The fourth-order valence-electron chi connectivity index (χ4n) is 1.81. The molecule has 44 heavy (non-hydrogen) atoms. The predicted octanol–water partition coefficient (Wildman–Crippen LogP) is -3.82. The zero-order chi connectivity index (χ0) is 36.8. The third-order valence-corrected chi connectivity index (χ3v) is 14.5. The van der Waals surface area contributed by atoms with Gasteiger partial charge in [-0.25, -0.2) is 0 Å². The first-order valence-corrected chi connectivity index (χ1v) is 24.3. The summed E-state index contributed by atoms with van der Waals surface area (Å²) in [7, 11) is -36.3. The van der Waals surface area contributed by atoms with Gasteiger partial charge < -0.3 is 95.1 Å². The van der Waals surface area contributed by atoms with Crippen molar-refractivity contribution in [1.82, 2.24) is 5.32 Å². The molecule has 0 fully saturated rings. The van der Waals surface area contributed by atoms with E-state index in [1.165, 1.54) is 0 Å². The molecule has 0 saturated carbocycles. The fourth-order valence-corrected chi connectivity index (χ4v) is 8.69. The van der Waals surface area contributed by atoms with Crippen molar-refractivity contribution in [2.24, 2.45) is 11.5 Å². The molecular formula is C9H37N3O24P8. The summed E-state index contributed by atoms with van der Waals surface area (Å²) in [6.07, 6.45) is -0.346. The lowest BCUT2D eigenvalue weighted by atomic mass is 10.3. The van der Waals surface area contributed by atoms with Crippen molar-refractivity contribution < 1.29 is 115 Å². The Kier molecular flexibility index (Phi) is 24.3. The zero-order valence-electron chi connectivity index (χ0n) is 21.8. The minimum absolute atomic E-state index is 0.00458. The molecule has 0 heterocycles. The lowest BCUT2D eigenvalue weighted by molar-refractivity contribution is 0.337. The van der Waals surface area contributed by atoms with E-state index in [0.717, 1.165) is 0 Å². The zero-order valence-corrected chi connectivity index (χ0v) is 28.9. The van der Waals surface area contributed by atoms with E-state index in [2.05, 4.69) is 11.1 Å². The Balaban J connectivity index is -0.000000252. The minimum Gasteiger partial charge on any atom is -0.329 e. The highest BCUT2D eigenvalue weighted by molar-refractivity contribution is 7.71. The van der Waals surface area contributed by atoms with Crippen LogP contribution in [0, 0.1) is 0 Å². The van der Waals surface area contributed by atoms with E-state index in [4.69, 9.17) is 84.0 Å². The largest absolute Gasteiger partial charge is 0.354 e. The summed E-state index contributed by atoms with van der Waals surface area (Å²) < 4.78 is 81.0. The summed E-state index contributed by atoms with van der Waals surface area (Å²) >= 11 is 0. The predicted molar refractivity (Wildman–Crippen MR) is 149 cm³/mol. The maximum Gasteiger partial charge on any atom is 0.354 e. The van der Waals surface area contributed by atoms with Crippen molar-refractivity contribution in [3.63, 3.8) is 0 Å². The van der Waals surface area contributed by atoms with Crippen LogP contribution in [0.5, 0.6) is 0 Å². The van der Waals surface area contributed by atoms with Gasteiger partial charge in [0.15, 0.2) is 11.8 Å². The Morgan fingerprint density at radius 3 is 0.932 bits per heavy atom. The van der Waals surface area contributed by atoms with Crippen LogP contribution in [-0.2, 0) is 36.5 Å². The molecule has 0 aliphatic carbocycles. The van der Waals surface area contributed by atoms with Gasteiger partial charge in [0.05, 0.1) is 0 Å². The second-order valence-electron chi connectivity index (χ2n) is 7.91. The molecule has 0 radical (unpaired) electrons. The fraction of sp³-hybridized carbons (Fsp3) is 1.00. The Bertz CT molecular complexity index is 1110. The van der Waals surface area contributed by atoms with Gasteiger partial charge in [-0.1, -0.05) is 0 Å². The van der Waals surface area contributed by atoms with Gasteiger partial charge >= 0.3 is 60.8 Å². The molecular weight excluding hydrogens is 782 g/mol. The molecule has 0 spiro atoms. The van der Waals surface area contributed by atoms with Crippen LogP contribution in [0.3, 0.4) is 0 Å². The summed E-state index contributed by atoms with van der Waals surface area (Å²) in [6.45, 7) is 0.473. The van der Waals surface area contributed by atoms with Crippen LogP contribution >= 0.6 is 60.8 Å². The van der Waals surface area contributed by atoms with Crippen LogP contribution in [0.2, 0.25) is 0 Å². The number of nitrogens with two attached hydrogens (primary N) is 2. The second kappa shape index (κ2) is 20.6. The van der Waals surface area contributed by atoms with Gasteiger partial charge in [0.2, 0.25) is 5.52 Å². The van der Waals surface area contributed by atoms with Crippen molar-refractivity contribution in [2.45, 2.75) is 24.1 Å². The Morgan fingerprint density at radius 1 is 0.500 bits per heavy atom. The van der Waals surface area contributed by atoms with E-state index in [9.17, 15) is 36.5 Å². The van der Waals surface area contributed by atoms with E-state index in [0.29, 0.717) is 0 Å². The Morgan fingerprint density at radius 2 is 0.795 bits per heavy atom. The molecule has 0 rings (SSSR count). The van der Waals surface area contributed by atoms with Crippen molar-refractivity contribution in [2.75, 3.05) is 31.1 Å². The summed E-state index contributed by atoms with van der Waals surface area (Å²) in [5.41, 5.74) is 7.28. The van der Waals surface area contributed by atoms with Gasteiger partial charge in [0.25, 0.3) is 0 Å². The summed E-state index contributed by atoms with van der Waals surface area (Å²) in [5, 5.41) is 2.55. The molecule has 272 valence electrons. The average molecular weight is 819 g/mol. The lowest BCUT2D eigenvalue weighted by Crippen LogP contribution is -2.33. The molecule has 0 aliphatic rings. The third-order valence-electron chi connectivity index (χ3n) is 3.28. The van der Waals surface area contributed by atoms with Crippen molar-refractivity contribution in [3.8, 4) is 0 Å². The maximum absolute atomic E-state index is 11.0. The summed E-state index contributed by atoms with van der Waals surface area (Å²) in [6, 6.07) is 0. The van der Waals surface area contributed by atoms with Gasteiger partial charge in [-0.15, -0.1) is 0 Å². The SMILES string of the molecule is NC(P(=O)(O)O)P(=O)(O)O.NCCNC(CCCP(=O)(O)O)P(=O)(O)O.O=P(O)(O)CP(=O)(O)O.O=P(O)(O)CP(=O)(O)O. The molecule has 0 bridgehead atoms. The van der Waals surface area contributed by atoms with E-state index >= 15 is 0 Å². The topological polar surface area (TPSA) is 524 Å². The highest BCUT2D eigenvalue weighted by Gasteiger charge is 2.39. The normalized spacial score (nSPS) is 14.3. The number of hydrogen-bond donors (Lipinski definition) is 19. The molecule has 0 aromatic carbocycles. The first kappa shape index (κ1) is 51.9. The molecule has 0 amide bonds. The van der Waals surface area contributed by atoms with E-state index in [-0.39, 0.29) is 32.1 Å². The first-order valence-electron chi connectivity index (χ1n) is 10.3. The highest BCUT2D eigenvalue weighted by atomic mass is 31.2. The van der Waals surface area contributed by atoms with Crippen LogP contribution in [0.1, 0.15) is 12.8 Å². The van der Waals surface area contributed by atoms with Crippen molar-refractivity contribution in [3.05, 3.63) is 0 Å². The second-order valence-corrected chi connectivity index (χ2v) is 22.9. The van der Waals surface area contributed by atoms with E-state index in [1.54, 1.807) is 0 Å². The molecule has 1 unspecified atom stereocenters. The minimum atomic E-state index is -4.86. The highest BCUT2D eigenvalue weighted by Crippen LogP contribution is 2.56. The number of rotatable bonds is 14. The molecule has 35 heteroatoms. The Hall–Kier alpha value is 1.08. The third kappa shape index (κ3) is 43.1. The lowest BCUT2D eigenvalue weighted by Gasteiger charge is -2.19. The van der Waals surface area contributed by atoms with Crippen LogP contribution in [0.25, 0.3) is 0 Å². The maximum atomic E-state index is 11.0. The molecule has 0 aliphatic heterocycles. The molecule has 1 atom stereocenters. The molecule has 21 N–H and O–H groups in total. The van der Waals surface area contributed by atoms with Crippen molar-refractivity contribution in [1.29, 1.82) is 0 Å². The standard InChI is InChI=1S/C6H18N2O6P2.CH7NO6P2.2CH6O6P2/c7-3-4-8-6(16(12,13)14)2-1-5-15(9,10)11;2-1(9(3,4)5)10(6,7)8;2*2-8(3,4)1-9(5,6)7/h6,8H,1-5,7H2,(H2,9,10,11)(H2,12,13,14);1H,2H2,(H2,3,4,5)(H2,6,7,8);2*1H2,(H2,2,3,4)(H2,5,6,7). The summed E-state index contributed by atoms with van der Waals surface area (Å²) in [4.78, 5) is 131. The van der Waals surface area contributed by atoms with Crippen LogP contribution < -0.4 is 16.8 Å². The summed E-state index contributed by atoms with van der Waals surface area (Å²) in [5.74, 6) is -3.84. The van der Waals surface area contributed by atoms with Gasteiger partial charge in [-0.2, -0.15) is 0 Å². The van der Waals surface area contributed by atoms with Gasteiger partial charge in [0, 0.05) is 19.3 Å². The monoisotopic (exact) mass is 819 g/mol. The number of hydrogen-bond acceptors (Lipinski definition) is 11. The molecule has 27 nitrogen and oxygen atoms in total. The van der Waals surface area contributed by atoms with Crippen molar-refractivity contribution >= 4 is 60.8 Å². The number of nitrogens with one attached hydrogen (secondary N) is 1. The van der Waals surface area contributed by atoms with E-state index in [1.807, 2.05) is 0 Å². The van der Waals surface area contributed by atoms with Gasteiger partial charge in [0.1, 0.15) is 5.78 Å². The van der Waals surface area contributed by atoms with Gasteiger partial charge in [-0.05, 0) is 12.8 Å². The average Bonchev–Trinajstić information content (AvgIpc) is 2.62. The smallest absolute Gasteiger partial charge is 0.329 e.